The van der Waals surface area contributed by atoms with Gasteiger partial charge in [0.1, 0.15) is 5.60 Å². The lowest BCUT2D eigenvalue weighted by atomic mass is 9.60. The third-order valence-corrected chi connectivity index (χ3v) is 5.50. The molecule has 0 radical (unpaired) electrons. The lowest BCUT2D eigenvalue weighted by Crippen LogP contribution is -2.54. The van der Waals surface area contributed by atoms with E-state index >= 15 is 0 Å². The van der Waals surface area contributed by atoms with Crippen LogP contribution in [-0.4, -0.2) is 23.4 Å². The number of rotatable bonds is 13. The van der Waals surface area contributed by atoms with E-state index in [9.17, 15) is 10.1 Å². The van der Waals surface area contributed by atoms with Crippen LogP contribution in [0, 0.1) is 10.8 Å². The second kappa shape index (κ2) is 12.0. The van der Waals surface area contributed by atoms with Gasteiger partial charge in [0.05, 0.1) is 6.61 Å². The number of hydrogen-bond donors (Lipinski definition) is 1. The van der Waals surface area contributed by atoms with Crippen LogP contribution < -0.4 is 0 Å². The first-order valence-corrected chi connectivity index (χ1v) is 10.5. The van der Waals surface area contributed by atoms with Crippen molar-refractivity contribution in [1.82, 2.24) is 0 Å². The van der Waals surface area contributed by atoms with Crippen LogP contribution in [0.5, 0.6) is 0 Å². The molecule has 0 saturated heterocycles. The first-order valence-electron chi connectivity index (χ1n) is 10.5. The number of hydrogen-bond acceptors (Lipinski definition) is 4. The lowest BCUT2D eigenvalue weighted by molar-refractivity contribution is -0.379. The monoisotopic (exact) mass is 372 g/mol. The van der Waals surface area contributed by atoms with Gasteiger partial charge in [0.2, 0.25) is 0 Å². The molecule has 0 aromatic carbocycles. The molecular formula is C22H44O4. The first-order chi connectivity index (χ1) is 12.0. The Hall–Kier alpha value is -0.610. The van der Waals surface area contributed by atoms with Crippen LogP contribution in [0.3, 0.4) is 0 Å². The van der Waals surface area contributed by atoms with Crippen molar-refractivity contribution in [2.45, 2.75) is 118 Å². The van der Waals surface area contributed by atoms with Gasteiger partial charge in [-0.05, 0) is 30.1 Å². The fraction of sp³-hybridized carbons (Fsp3) is 0.955. The van der Waals surface area contributed by atoms with Gasteiger partial charge < -0.3 is 4.74 Å². The molecule has 0 rings (SSSR count). The van der Waals surface area contributed by atoms with Gasteiger partial charge >= 0.3 is 5.97 Å². The average Bonchev–Trinajstić information content (AvgIpc) is 2.51. The van der Waals surface area contributed by atoms with E-state index in [1.165, 1.54) is 32.1 Å². The Bertz CT molecular complexity index is 363. The Morgan fingerprint density at radius 1 is 0.808 bits per heavy atom. The summed E-state index contributed by atoms with van der Waals surface area (Å²) in [5.74, 6) is -0.148. The van der Waals surface area contributed by atoms with E-state index in [1.807, 2.05) is 0 Å². The number of esters is 1. The Morgan fingerprint density at radius 3 is 1.77 bits per heavy atom. The van der Waals surface area contributed by atoms with Gasteiger partial charge in [0, 0.05) is 6.42 Å². The lowest BCUT2D eigenvalue weighted by Gasteiger charge is -2.50. The molecular weight excluding hydrogens is 328 g/mol. The number of carbonyl (C=O) groups is 1. The maximum Gasteiger partial charge on any atom is 0.305 e. The molecule has 0 aliphatic rings. The summed E-state index contributed by atoms with van der Waals surface area (Å²) >= 11 is 0. The van der Waals surface area contributed by atoms with Crippen LogP contribution in [0.4, 0.5) is 0 Å². The van der Waals surface area contributed by atoms with E-state index in [0.717, 1.165) is 12.8 Å². The van der Waals surface area contributed by atoms with E-state index in [4.69, 9.17) is 9.62 Å². The van der Waals surface area contributed by atoms with Gasteiger partial charge in [-0.1, -0.05) is 87.0 Å². The van der Waals surface area contributed by atoms with Crippen LogP contribution in [0.15, 0.2) is 0 Å². The van der Waals surface area contributed by atoms with Crippen LogP contribution in [0.25, 0.3) is 0 Å². The minimum Gasteiger partial charge on any atom is -0.466 e. The second-order valence-corrected chi connectivity index (χ2v) is 9.61. The highest BCUT2D eigenvalue weighted by molar-refractivity contribution is 5.69. The summed E-state index contributed by atoms with van der Waals surface area (Å²) in [4.78, 5) is 17.0. The van der Waals surface area contributed by atoms with Gasteiger partial charge in [-0.25, -0.2) is 4.89 Å². The fourth-order valence-electron chi connectivity index (χ4n) is 3.99. The zero-order valence-corrected chi connectivity index (χ0v) is 18.5. The molecule has 0 fully saturated rings. The Balaban J connectivity index is 4.15. The molecule has 26 heavy (non-hydrogen) atoms. The Morgan fingerprint density at radius 2 is 1.31 bits per heavy atom. The standard InChI is InChI=1S/C22H44O4/c1-8-9-10-11-12-13-14-18-25-19(23)16-15-17-22(26-24,20(2,3)4)21(5,6)7/h24H,8-18H2,1-7H3. The molecule has 0 aliphatic carbocycles. The van der Waals surface area contributed by atoms with Gasteiger partial charge in [0.15, 0.2) is 0 Å². The zero-order valence-electron chi connectivity index (χ0n) is 18.5. The summed E-state index contributed by atoms with van der Waals surface area (Å²) in [7, 11) is 0. The molecule has 0 saturated carbocycles. The van der Waals surface area contributed by atoms with Gasteiger partial charge in [-0.2, -0.15) is 0 Å². The smallest absolute Gasteiger partial charge is 0.305 e. The highest BCUT2D eigenvalue weighted by Crippen LogP contribution is 2.49. The molecule has 0 unspecified atom stereocenters. The molecule has 1 N–H and O–H groups in total. The van der Waals surface area contributed by atoms with Crippen molar-refractivity contribution in [3.05, 3.63) is 0 Å². The molecule has 0 atom stereocenters. The van der Waals surface area contributed by atoms with E-state index in [0.29, 0.717) is 25.9 Å². The number of ether oxygens (including phenoxy) is 1. The molecule has 4 heteroatoms. The van der Waals surface area contributed by atoms with Gasteiger partial charge in [0.25, 0.3) is 0 Å². The molecule has 4 nitrogen and oxygen atoms in total. The molecule has 156 valence electrons. The molecule has 0 bridgehead atoms. The van der Waals surface area contributed by atoms with Crippen molar-refractivity contribution in [2.75, 3.05) is 6.61 Å². The van der Waals surface area contributed by atoms with Gasteiger partial charge in [-0.15, -0.1) is 0 Å². The third-order valence-electron chi connectivity index (χ3n) is 5.50. The van der Waals surface area contributed by atoms with Crippen LogP contribution in [-0.2, 0) is 14.4 Å². The van der Waals surface area contributed by atoms with Crippen LogP contribution >= 0.6 is 0 Å². The summed E-state index contributed by atoms with van der Waals surface area (Å²) in [6, 6.07) is 0. The molecule has 0 aromatic rings. The second-order valence-electron chi connectivity index (χ2n) is 9.61. The summed E-state index contributed by atoms with van der Waals surface area (Å²) in [5.41, 5.74) is -1.21. The van der Waals surface area contributed by atoms with Crippen molar-refractivity contribution >= 4 is 5.97 Å². The third kappa shape index (κ3) is 8.39. The van der Waals surface area contributed by atoms with Crippen LogP contribution in [0.1, 0.15) is 113 Å². The Labute approximate surface area is 162 Å². The molecule has 0 aliphatic heterocycles. The summed E-state index contributed by atoms with van der Waals surface area (Å²) < 4.78 is 5.35. The Kier molecular flexibility index (Phi) is 11.7. The minimum absolute atomic E-state index is 0.148. The number of unbranched alkanes of at least 4 members (excludes halogenated alkanes) is 6. The van der Waals surface area contributed by atoms with Gasteiger partial charge in [-0.3, -0.25) is 10.1 Å². The normalized spacial score (nSPS) is 13.1. The minimum atomic E-state index is -0.710. The van der Waals surface area contributed by atoms with Crippen molar-refractivity contribution < 1.29 is 19.7 Å². The predicted molar refractivity (Wildman–Crippen MR) is 108 cm³/mol. The van der Waals surface area contributed by atoms with E-state index < -0.39 is 5.60 Å². The molecule has 0 heterocycles. The largest absolute Gasteiger partial charge is 0.466 e. The SMILES string of the molecule is CCCCCCCCCOC(=O)CCCC(OO)(C(C)(C)C)C(C)(C)C. The summed E-state index contributed by atoms with van der Waals surface area (Å²) in [5, 5.41) is 9.67. The molecule has 0 aromatic heterocycles. The average molecular weight is 373 g/mol. The first kappa shape index (κ1) is 25.4. The van der Waals surface area contributed by atoms with Crippen molar-refractivity contribution in [3.63, 3.8) is 0 Å². The van der Waals surface area contributed by atoms with E-state index in [1.54, 1.807) is 0 Å². The summed E-state index contributed by atoms with van der Waals surface area (Å²) in [6.07, 6.45) is 10.1. The zero-order chi connectivity index (χ0) is 20.3. The van der Waals surface area contributed by atoms with Crippen molar-refractivity contribution in [3.8, 4) is 0 Å². The maximum absolute atomic E-state index is 12.0. The van der Waals surface area contributed by atoms with Crippen molar-refractivity contribution in [2.24, 2.45) is 10.8 Å². The van der Waals surface area contributed by atoms with Crippen molar-refractivity contribution in [1.29, 1.82) is 0 Å². The maximum atomic E-state index is 12.0. The highest BCUT2D eigenvalue weighted by atomic mass is 17.1. The molecule has 0 amide bonds. The van der Waals surface area contributed by atoms with E-state index in [-0.39, 0.29) is 16.8 Å². The predicted octanol–water partition coefficient (Wildman–Crippen LogP) is 6.77. The fourth-order valence-corrected chi connectivity index (χ4v) is 3.99. The quantitative estimate of drug-likeness (QED) is 0.168. The number of carbonyl (C=O) groups excluding carboxylic acids is 1. The topological polar surface area (TPSA) is 55.8 Å². The molecule has 0 spiro atoms. The highest BCUT2D eigenvalue weighted by Gasteiger charge is 2.52. The summed E-state index contributed by atoms with van der Waals surface area (Å²) in [6.45, 7) is 15.1. The van der Waals surface area contributed by atoms with E-state index in [2.05, 4.69) is 48.5 Å². The van der Waals surface area contributed by atoms with Crippen LogP contribution in [0.2, 0.25) is 0 Å².